The topological polar surface area (TPSA) is 84.5 Å². The van der Waals surface area contributed by atoms with Crippen molar-refractivity contribution in [3.05, 3.63) is 53.6 Å². The average molecular weight is 360 g/mol. The molecule has 0 atom stereocenters. The Morgan fingerprint density at radius 2 is 1.80 bits per heavy atom. The molecule has 132 valence electrons. The second-order valence-corrected chi connectivity index (χ2v) is 8.39. The third-order valence-corrected chi connectivity index (χ3v) is 5.24. The molecule has 6 nitrogen and oxygen atoms in total. The smallest absolute Gasteiger partial charge is 0.333 e. The maximum atomic E-state index is 12.3. The summed E-state index contributed by atoms with van der Waals surface area (Å²) < 4.78 is 32.4. The number of carbonyl (C=O) groups is 1. The average Bonchev–Trinajstić information content (AvgIpc) is 2.82. The van der Waals surface area contributed by atoms with E-state index in [1.54, 1.807) is 24.3 Å². The fraction of sp³-hybridized carbons (Fsp3) is 0.278. The number of benzene rings is 2. The lowest BCUT2D eigenvalue weighted by Crippen LogP contribution is -2.34. The molecule has 0 aromatic heterocycles. The standard InChI is InChI=1S/C18H20N2O4S/c1-12-7-9-14(10-8-12)25(22,23)20-17(21)19-15-6-4-5-13-11-18(2,3)24-16(13)15/h4-10H,11H2,1-3H3,(H2,19,20,21). The van der Waals surface area contributed by atoms with Gasteiger partial charge < -0.3 is 10.1 Å². The van der Waals surface area contributed by atoms with Crippen LogP contribution in [-0.2, 0) is 16.4 Å². The second kappa shape index (κ2) is 6.07. The molecule has 0 unspecified atom stereocenters. The SMILES string of the molecule is Cc1ccc(S(=O)(=O)NC(=O)Nc2cccc3c2OC(C)(C)C3)cc1. The van der Waals surface area contributed by atoms with Crippen LogP contribution in [0.15, 0.2) is 47.4 Å². The van der Waals surface area contributed by atoms with Crippen LogP contribution in [0.2, 0.25) is 0 Å². The predicted octanol–water partition coefficient (Wildman–Crippen LogP) is 3.22. The van der Waals surface area contributed by atoms with Gasteiger partial charge in [0.15, 0.2) is 0 Å². The van der Waals surface area contributed by atoms with E-state index in [0.717, 1.165) is 17.5 Å². The van der Waals surface area contributed by atoms with Crippen LogP contribution in [0.4, 0.5) is 10.5 Å². The summed E-state index contributed by atoms with van der Waals surface area (Å²) in [6, 6.07) is 10.8. The van der Waals surface area contributed by atoms with Gasteiger partial charge in [-0.25, -0.2) is 17.9 Å². The zero-order chi connectivity index (χ0) is 18.2. The van der Waals surface area contributed by atoms with Crippen molar-refractivity contribution in [1.82, 2.24) is 4.72 Å². The summed E-state index contributed by atoms with van der Waals surface area (Å²) in [5, 5.41) is 2.56. The predicted molar refractivity (Wildman–Crippen MR) is 95.4 cm³/mol. The number of hydrogen-bond acceptors (Lipinski definition) is 4. The molecular formula is C18H20N2O4S. The maximum absolute atomic E-state index is 12.3. The van der Waals surface area contributed by atoms with Crippen LogP contribution >= 0.6 is 0 Å². The molecule has 2 amide bonds. The Labute approximate surface area is 147 Å². The minimum absolute atomic E-state index is 0.0314. The number of amides is 2. The zero-order valence-corrected chi connectivity index (χ0v) is 15.1. The molecule has 0 saturated carbocycles. The molecule has 2 N–H and O–H groups in total. The van der Waals surface area contributed by atoms with E-state index in [-0.39, 0.29) is 10.5 Å². The maximum Gasteiger partial charge on any atom is 0.333 e. The van der Waals surface area contributed by atoms with E-state index in [1.807, 2.05) is 31.6 Å². The number of nitrogens with one attached hydrogen (secondary N) is 2. The number of para-hydroxylation sites is 1. The van der Waals surface area contributed by atoms with Gasteiger partial charge in [-0.2, -0.15) is 0 Å². The van der Waals surface area contributed by atoms with Crippen molar-refractivity contribution in [3.63, 3.8) is 0 Å². The fourth-order valence-electron chi connectivity index (χ4n) is 2.76. The molecule has 1 heterocycles. The van der Waals surface area contributed by atoms with E-state index in [0.29, 0.717) is 11.4 Å². The molecule has 7 heteroatoms. The van der Waals surface area contributed by atoms with Gasteiger partial charge >= 0.3 is 6.03 Å². The number of rotatable bonds is 3. The van der Waals surface area contributed by atoms with Gasteiger partial charge in [-0.05, 0) is 39.0 Å². The summed E-state index contributed by atoms with van der Waals surface area (Å²) in [6.07, 6.45) is 0.723. The Kier molecular flexibility index (Phi) is 4.20. The third-order valence-electron chi connectivity index (χ3n) is 3.90. The Morgan fingerprint density at radius 1 is 1.12 bits per heavy atom. The number of anilines is 1. The van der Waals surface area contributed by atoms with Crippen LogP contribution < -0.4 is 14.8 Å². The van der Waals surface area contributed by atoms with E-state index < -0.39 is 16.1 Å². The van der Waals surface area contributed by atoms with Crippen molar-refractivity contribution >= 4 is 21.7 Å². The summed E-state index contributed by atoms with van der Waals surface area (Å²) in [7, 11) is -3.94. The minimum atomic E-state index is -3.94. The Morgan fingerprint density at radius 3 is 2.48 bits per heavy atom. The lowest BCUT2D eigenvalue weighted by molar-refractivity contribution is 0.139. The lowest BCUT2D eigenvalue weighted by Gasteiger charge is -2.18. The van der Waals surface area contributed by atoms with Crippen LogP contribution in [0, 0.1) is 6.92 Å². The fourth-order valence-corrected chi connectivity index (χ4v) is 3.67. The molecule has 3 rings (SSSR count). The Balaban J connectivity index is 1.76. The van der Waals surface area contributed by atoms with Crippen LogP contribution in [0.25, 0.3) is 0 Å². The number of hydrogen-bond donors (Lipinski definition) is 2. The van der Waals surface area contributed by atoms with Gasteiger partial charge in [0.1, 0.15) is 11.4 Å². The molecule has 2 aromatic carbocycles. The van der Waals surface area contributed by atoms with Crippen molar-refractivity contribution in [2.24, 2.45) is 0 Å². The van der Waals surface area contributed by atoms with E-state index in [4.69, 9.17) is 4.74 Å². The molecule has 1 aliphatic heterocycles. The highest BCUT2D eigenvalue weighted by Crippen LogP contribution is 2.40. The van der Waals surface area contributed by atoms with Crippen LogP contribution in [0.3, 0.4) is 0 Å². The van der Waals surface area contributed by atoms with Gasteiger partial charge in [0.2, 0.25) is 0 Å². The van der Waals surface area contributed by atoms with Crippen LogP contribution in [-0.4, -0.2) is 20.0 Å². The highest BCUT2D eigenvalue weighted by atomic mass is 32.2. The number of sulfonamides is 1. The van der Waals surface area contributed by atoms with E-state index in [1.165, 1.54) is 12.1 Å². The molecule has 0 fully saturated rings. The molecule has 0 radical (unpaired) electrons. The first kappa shape index (κ1) is 17.3. The van der Waals surface area contributed by atoms with Crippen molar-refractivity contribution in [3.8, 4) is 5.75 Å². The molecule has 1 aliphatic rings. The molecule has 25 heavy (non-hydrogen) atoms. The number of ether oxygens (including phenoxy) is 1. The third kappa shape index (κ3) is 3.76. The molecule has 0 spiro atoms. The van der Waals surface area contributed by atoms with Crippen LogP contribution in [0.5, 0.6) is 5.75 Å². The summed E-state index contributed by atoms with van der Waals surface area (Å²) in [4.78, 5) is 12.2. The van der Waals surface area contributed by atoms with Gasteiger partial charge in [0, 0.05) is 12.0 Å². The second-order valence-electron chi connectivity index (χ2n) is 6.71. The first-order valence-corrected chi connectivity index (χ1v) is 9.36. The number of fused-ring (bicyclic) bond motifs is 1. The van der Waals surface area contributed by atoms with Gasteiger partial charge in [0.05, 0.1) is 10.6 Å². The highest BCUT2D eigenvalue weighted by molar-refractivity contribution is 7.90. The summed E-state index contributed by atoms with van der Waals surface area (Å²) in [6.45, 7) is 5.77. The number of aryl methyl sites for hydroxylation is 1. The molecule has 2 aromatic rings. The molecule has 0 saturated heterocycles. The van der Waals surface area contributed by atoms with Crippen molar-refractivity contribution in [1.29, 1.82) is 0 Å². The quantitative estimate of drug-likeness (QED) is 0.880. The van der Waals surface area contributed by atoms with Crippen molar-refractivity contribution in [2.45, 2.75) is 37.7 Å². The highest BCUT2D eigenvalue weighted by Gasteiger charge is 2.32. The van der Waals surface area contributed by atoms with E-state index in [2.05, 4.69) is 5.32 Å². The van der Waals surface area contributed by atoms with E-state index in [9.17, 15) is 13.2 Å². The normalized spacial score (nSPS) is 15.2. The van der Waals surface area contributed by atoms with Crippen molar-refractivity contribution < 1.29 is 17.9 Å². The van der Waals surface area contributed by atoms with Gasteiger partial charge in [-0.3, -0.25) is 0 Å². The van der Waals surface area contributed by atoms with Crippen molar-refractivity contribution in [2.75, 3.05) is 5.32 Å². The summed E-state index contributed by atoms with van der Waals surface area (Å²) in [5.74, 6) is 0.579. The molecular weight excluding hydrogens is 340 g/mol. The van der Waals surface area contributed by atoms with Crippen LogP contribution in [0.1, 0.15) is 25.0 Å². The Hall–Kier alpha value is -2.54. The Bertz CT molecular complexity index is 919. The summed E-state index contributed by atoms with van der Waals surface area (Å²) >= 11 is 0. The minimum Gasteiger partial charge on any atom is -0.485 e. The largest absolute Gasteiger partial charge is 0.485 e. The number of urea groups is 1. The molecule has 0 bridgehead atoms. The monoisotopic (exact) mass is 360 g/mol. The number of carbonyl (C=O) groups excluding carboxylic acids is 1. The van der Waals surface area contributed by atoms with Gasteiger partial charge in [-0.15, -0.1) is 0 Å². The molecule has 0 aliphatic carbocycles. The van der Waals surface area contributed by atoms with Gasteiger partial charge in [0.25, 0.3) is 10.0 Å². The van der Waals surface area contributed by atoms with E-state index >= 15 is 0 Å². The first-order valence-electron chi connectivity index (χ1n) is 7.88. The van der Waals surface area contributed by atoms with Gasteiger partial charge in [-0.1, -0.05) is 29.8 Å². The lowest BCUT2D eigenvalue weighted by atomic mass is 10.0. The zero-order valence-electron chi connectivity index (χ0n) is 14.3. The first-order chi connectivity index (χ1) is 11.7. The summed E-state index contributed by atoms with van der Waals surface area (Å²) in [5.41, 5.74) is 2.00.